The lowest BCUT2D eigenvalue weighted by molar-refractivity contribution is 0.0663. The third-order valence-electron chi connectivity index (χ3n) is 4.53. The maximum Gasteiger partial charge on any atom is 0.251 e. The number of amides is 1. The molecule has 4 rings (SSSR count). The van der Waals surface area contributed by atoms with Crippen molar-refractivity contribution in [2.45, 2.75) is 24.9 Å². The molecule has 5 nitrogen and oxygen atoms in total. The monoisotopic (exact) mass is 317 g/mol. The highest BCUT2D eigenvalue weighted by Crippen LogP contribution is 2.31. The van der Waals surface area contributed by atoms with Gasteiger partial charge in [0.05, 0.1) is 6.54 Å². The van der Waals surface area contributed by atoms with Gasteiger partial charge in [-0.2, -0.15) is 0 Å². The molecule has 1 saturated heterocycles. The first-order valence-corrected chi connectivity index (χ1v) is 8.53. The molecule has 22 heavy (non-hydrogen) atoms. The van der Waals surface area contributed by atoms with Crippen LogP contribution in [0.25, 0.3) is 0 Å². The maximum atomic E-state index is 12.3. The minimum atomic E-state index is 0.0151. The normalized spacial score (nSPS) is 29.9. The number of benzene rings is 1. The summed E-state index contributed by atoms with van der Waals surface area (Å²) in [5.41, 5.74) is 0.690. The van der Waals surface area contributed by atoms with Crippen LogP contribution < -0.4 is 15.5 Å². The van der Waals surface area contributed by atoms with E-state index in [1.807, 2.05) is 35.7 Å². The van der Waals surface area contributed by atoms with Gasteiger partial charge in [-0.05, 0) is 60.4 Å². The van der Waals surface area contributed by atoms with Crippen LogP contribution in [0, 0.1) is 5.92 Å². The molecule has 3 aliphatic rings. The first-order chi connectivity index (χ1) is 10.8. The zero-order valence-corrected chi connectivity index (χ0v) is 13.0. The van der Waals surface area contributed by atoms with Crippen LogP contribution in [-0.2, 0) is 0 Å². The summed E-state index contributed by atoms with van der Waals surface area (Å²) < 4.78 is 1.79. The summed E-state index contributed by atoms with van der Waals surface area (Å²) in [6.45, 7) is 1.80. The second-order valence-electron chi connectivity index (χ2n) is 6.02. The molecule has 1 aromatic rings. The van der Waals surface area contributed by atoms with Crippen LogP contribution in [0.2, 0.25) is 0 Å². The van der Waals surface area contributed by atoms with Crippen LogP contribution in [0.3, 0.4) is 0 Å². The fourth-order valence-corrected chi connectivity index (χ4v) is 4.00. The van der Waals surface area contributed by atoms with E-state index in [9.17, 15) is 4.79 Å². The number of rotatable bonds is 4. The molecule has 0 radical (unpaired) electrons. The van der Waals surface area contributed by atoms with Crippen molar-refractivity contribution in [2.24, 2.45) is 5.92 Å². The van der Waals surface area contributed by atoms with E-state index < -0.39 is 0 Å². The Morgan fingerprint density at radius 1 is 1.32 bits per heavy atom. The van der Waals surface area contributed by atoms with Gasteiger partial charge in [-0.25, -0.2) is 0 Å². The van der Waals surface area contributed by atoms with Crippen molar-refractivity contribution in [3.05, 3.63) is 41.3 Å². The van der Waals surface area contributed by atoms with Crippen LogP contribution in [-0.4, -0.2) is 35.5 Å². The highest BCUT2D eigenvalue weighted by Gasteiger charge is 2.40. The van der Waals surface area contributed by atoms with Crippen molar-refractivity contribution in [1.29, 1.82) is 0 Å². The van der Waals surface area contributed by atoms with Gasteiger partial charge >= 0.3 is 0 Å². The van der Waals surface area contributed by atoms with E-state index >= 15 is 0 Å². The molecule has 3 unspecified atom stereocenters. The second-order valence-corrected chi connectivity index (χ2v) is 6.92. The number of hydrogen-bond acceptors (Lipinski definition) is 5. The lowest BCUT2D eigenvalue weighted by atomic mass is 10.0. The molecule has 2 fully saturated rings. The molecule has 2 N–H and O–H groups in total. The summed E-state index contributed by atoms with van der Waals surface area (Å²) in [7, 11) is 0. The number of hydrogen-bond donors (Lipinski definition) is 2. The number of piperidine rings is 1. The quantitative estimate of drug-likeness (QED) is 0.831. The van der Waals surface area contributed by atoms with Crippen LogP contribution in [0.5, 0.6) is 5.75 Å². The van der Waals surface area contributed by atoms with Crippen LogP contribution >= 0.6 is 11.9 Å². The second kappa shape index (κ2) is 5.95. The summed E-state index contributed by atoms with van der Waals surface area (Å²) in [4.78, 5) is 18.0. The Bertz CT molecular complexity index is 582. The van der Waals surface area contributed by atoms with Crippen molar-refractivity contribution in [3.63, 3.8) is 0 Å². The standard InChI is InChI=1S/C16H19N3O2S/c20-16(18-15-9-13-8-12(15)10-17-13)11-2-4-14(5-3-11)21-19-6-1-7-22-19/h1-5,7,12-13,15,17H,6,8-10H2,(H,18,20). The molecule has 2 bridgehead atoms. The minimum Gasteiger partial charge on any atom is -0.395 e. The van der Waals surface area contributed by atoms with Crippen LogP contribution in [0.4, 0.5) is 0 Å². The molecule has 0 aromatic heterocycles. The summed E-state index contributed by atoms with van der Waals surface area (Å²) >= 11 is 1.52. The van der Waals surface area contributed by atoms with Gasteiger partial charge in [0.2, 0.25) is 0 Å². The molecule has 1 amide bonds. The third-order valence-corrected chi connectivity index (χ3v) is 5.31. The van der Waals surface area contributed by atoms with Gasteiger partial charge in [0.1, 0.15) is 5.75 Å². The number of fused-ring (bicyclic) bond motifs is 2. The molecule has 6 heteroatoms. The summed E-state index contributed by atoms with van der Waals surface area (Å²) in [5.74, 6) is 1.36. The van der Waals surface area contributed by atoms with Crippen molar-refractivity contribution < 1.29 is 9.63 Å². The molecule has 1 aromatic carbocycles. The van der Waals surface area contributed by atoms with E-state index in [0.717, 1.165) is 25.3 Å². The highest BCUT2D eigenvalue weighted by atomic mass is 32.2. The number of nitrogens with zero attached hydrogens (tertiary/aromatic N) is 1. The van der Waals surface area contributed by atoms with E-state index in [2.05, 4.69) is 10.6 Å². The van der Waals surface area contributed by atoms with Crippen LogP contribution in [0.15, 0.2) is 35.7 Å². The summed E-state index contributed by atoms with van der Waals surface area (Å²) in [6, 6.07) is 8.25. The molecular formula is C16H19N3O2S. The zero-order valence-electron chi connectivity index (χ0n) is 12.2. The molecule has 2 aliphatic heterocycles. The first kappa shape index (κ1) is 14.1. The Morgan fingerprint density at radius 3 is 2.82 bits per heavy atom. The van der Waals surface area contributed by atoms with Crippen molar-refractivity contribution in [2.75, 3.05) is 13.1 Å². The number of nitrogens with one attached hydrogen (secondary N) is 2. The Hall–Kier alpha value is -1.50. The van der Waals surface area contributed by atoms with E-state index in [0.29, 0.717) is 23.6 Å². The van der Waals surface area contributed by atoms with Gasteiger partial charge in [0.15, 0.2) is 0 Å². The van der Waals surface area contributed by atoms with Crippen molar-refractivity contribution in [1.82, 2.24) is 15.1 Å². The van der Waals surface area contributed by atoms with Gasteiger partial charge < -0.3 is 15.5 Å². The maximum absolute atomic E-state index is 12.3. The van der Waals surface area contributed by atoms with Gasteiger partial charge in [-0.1, -0.05) is 10.5 Å². The summed E-state index contributed by atoms with van der Waals surface area (Å²) in [5, 5.41) is 8.63. The van der Waals surface area contributed by atoms with E-state index in [4.69, 9.17) is 4.84 Å². The lowest BCUT2D eigenvalue weighted by Crippen LogP contribution is -2.44. The van der Waals surface area contributed by atoms with Crippen molar-refractivity contribution in [3.8, 4) is 5.75 Å². The predicted molar refractivity (Wildman–Crippen MR) is 86.3 cm³/mol. The Balaban J connectivity index is 1.34. The van der Waals surface area contributed by atoms with E-state index in [1.54, 1.807) is 4.47 Å². The third kappa shape index (κ3) is 2.86. The fraction of sp³-hybridized carbons (Fsp3) is 0.438. The molecule has 0 spiro atoms. The minimum absolute atomic E-state index is 0.0151. The number of hydroxylamine groups is 1. The average Bonchev–Trinajstić information content (AvgIpc) is 3.25. The van der Waals surface area contributed by atoms with Gasteiger partial charge in [0, 0.05) is 24.2 Å². The molecule has 3 atom stereocenters. The summed E-state index contributed by atoms with van der Waals surface area (Å²) in [6.07, 6.45) is 4.28. The van der Waals surface area contributed by atoms with Gasteiger partial charge in [-0.3, -0.25) is 4.79 Å². The van der Waals surface area contributed by atoms with Crippen LogP contribution in [0.1, 0.15) is 23.2 Å². The molecule has 1 saturated carbocycles. The van der Waals surface area contributed by atoms with Gasteiger partial charge in [-0.15, -0.1) is 0 Å². The number of carbonyl (C=O) groups is 1. The SMILES string of the molecule is O=C(NC1CC2CC1CN2)c1ccc(ON2CC=CS2)cc1. The molecule has 2 heterocycles. The Kier molecular flexibility index (Phi) is 3.82. The largest absolute Gasteiger partial charge is 0.395 e. The Morgan fingerprint density at radius 2 is 2.18 bits per heavy atom. The van der Waals surface area contributed by atoms with Crippen molar-refractivity contribution >= 4 is 17.9 Å². The average molecular weight is 317 g/mol. The molecular weight excluding hydrogens is 298 g/mol. The van der Waals surface area contributed by atoms with E-state index in [-0.39, 0.29) is 5.91 Å². The smallest absolute Gasteiger partial charge is 0.251 e. The first-order valence-electron chi connectivity index (χ1n) is 7.69. The zero-order chi connectivity index (χ0) is 14.9. The topological polar surface area (TPSA) is 53.6 Å². The molecule has 116 valence electrons. The predicted octanol–water partition coefficient (Wildman–Crippen LogP) is 1.94. The molecule has 1 aliphatic carbocycles. The van der Waals surface area contributed by atoms with E-state index in [1.165, 1.54) is 18.4 Å². The lowest BCUT2D eigenvalue weighted by Gasteiger charge is -2.23. The number of carbonyl (C=O) groups excluding carboxylic acids is 1. The fourth-order valence-electron chi connectivity index (χ4n) is 3.39. The highest BCUT2D eigenvalue weighted by molar-refractivity contribution is 8.00. The van der Waals surface area contributed by atoms with Gasteiger partial charge in [0.25, 0.3) is 5.91 Å². The Labute approximate surface area is 134 Å².